The maximum Gasteiger partial charge on any atom is 0.230 e. The number of hydrogen-bond acceptors (Lipinski definition) is 3. The van der Waals surface area contributed by atoms with E-state index in [1.54, 1.807) is 24.3 Å². The van der Waals surface area contributed by atoms with Crippen molar-refractivity contribution in [2.24, 2.45) is 5.84 Å². The van der Waals surface area contributed by atoms with E-state index < -0.39 is 0 Å². The lowest BCUT2D eigenvalue weighted by atomic mass is 10.3. The average Bonchev–Trinajstić information content (AvgIpc) is 2.45. The third-order valence-corrected chi connectivity index (χ3v) is 2.23. The number of hydrazine groups is 1. The molecule has 110 valence electrons. The van der Waals surface area contributed by atoms with Crippen molar-refractivity contribution in [3.8, 4) is 5.75 Å². The Labute approximate surface area is 126 Å². The molecule has 0 spiro atoms. The summed E-state index contributed by atoms with van der Waals surface area (Å²) >= 11 is 3.23. The molecule has 0 atom stereocenters. The summed E-state index contributed by atoms with van der Waals surface area (Å²) in [7, 11) is 0. The Hall–Kier alpha value is -1.89. The highest BCUT2D eigenvalue weighted by Crippen LogP contribution is 2.13. The predicted molar refractivity (Wildman–Crippen MR) is 83.9 cm³/mol. The number of halogens is 1. The first-order valence-electron chi connectivity index (χ1n) is 5.48. The van der Waals surface area contributed by atoms with Crippen molar-refractivity contribution in [3.63, 3.8) is 0 Å². The Morgan fingerprint density at radius 1 is 1.05 bits per heavy atom. The first-order chi connectivity index (χ1) is 9.06. The Morgan fingerprint density at radius 2 is 1.35 bits per heavy atom. The fourth-order valence-electron chi connectivity index (χ4n) is 0.826. The molecular formula is C14H19BrN2O3. The van der Waals surface area contributed by atoms with Crippen molar-refractivity contribution < 1.29 is 15.4 Å². The van der Waals surface area contributed by atoms with E-state index in [1.807, 2.05) is 41.8 Å². The number of nitrogens with one attached hydrogen (secondary N) is 1. The van der Waals surface area contributed by atoms with E-state index in [9.17, 15) is 4.79 Å². The quantitative estimate of drug-likeness (QED) is 0.387. The lowest BCUT2D eigenvalue weighted by Gasteiger charge is -1.87. The number of nitrogens with two attached hydrogens (primary N) is 1. The van der Waals surface area contributed by atoms with Crippen LogP contribution in [-0.4, -0.2) is 16.5 Å². The second-order valence-corrected chi connectivity index (χ2v) is 4.25. The van der Waals surface area contributed by atoms with Crippen molar-refractivity contribution >= 4 is 21.8 Å². The van der Waals surface area contributed by atoms with Crippen LogP contribution in [0.15, 0.2) is 65.1 Å². The summed E-state index contributed by atoms with van der Waals surface area (Å²) in [5.74, 6) is 4.65. The molecule has 1 amide bonds. The van der Waals surface area contributed by atoms with Crippen LogP contribution in [0.3, 0.4) is 0 Å². The number of hydrogen-bond donors (Lipinski definition) is 3. The molecule has 0 aromatic heterocycles. The zero-order valence-electron chi connectivity index (χ0n) is 11.1. The number of amides is 1. The van der Waals surface area contributed by atoms with Gasteiger partial charge in [0.1, 0.15) is 5.75 Å². The first-order valence-corrected chi connectivity index (χ1v) is 6.27. The van der Waals surface area contributed by atoms with Gasteiger partial charge in [0, 0.05) is 11.4 Å². The molecule has 0 saturated heterocycles. The average molecular weight is 343 g/mol. The molecule has 5 nitrogen and oxygen atoms in total. The van der Waals surface area contributed by atoms with Gasteiger partial charge >= 0.3 is 0 Å². The van der Waals surface area contributed by atoms with Crippen LogP contribution in [-0.2, 0) is 4.79 Å². The maximum atomic E-state index is 9.58. The molecule has 6 heteroatoms. The topological polar surface area (TPSA) is 107 Å². The molecule has 2 aromatic carbocycles. The molecule has 0 heterocycles. The molecule has 0 bridgehead atoms. The van der Waals surface area contributed by atoms with Gasteiger partial charge in [0.25, 0.3) is 0 Å². The molecule has 0 radical (unpaired) electrons. The van der Waals surface area contributed by atoms with Gasteiger partial charge in [0.2, 0.25) is 5.91 Å². The van der Waals surface area contributed by atoms with E-state index in [2.05, 4.69) is 21.8 Å². The largest absolute Gasteiger partial charge is 0.508 e. The van der Waals surface area contributed by atoms with Gasteiger partial charge in [-0.2, -0.15) is 0 Å². The number of rotatable bonds is 0. The molecule has 0 fully saturated rings. The SMILES string of the molecule is CC(=O)NN.O.Oc1ccc(Br)cc1.c1ccccc1. The molecule has 20 heavy (non-hydrogen) atoms. The minimum atomic E-state index is -0.218. The van der Waals surface area contributed by atoms with Crippen molar-refractivity contribution in [2.75, 3.05) is 0 Å². The highest BCUT2D eigenvalue weighted by atomic mass is 79.9. The summed E-state index contributed by atoms with van der Waals surface area (Å²) in [6.07, 6.45) is 0. The van der Waals surface area contributed by atoms with E-state index in [0.717, 1.165) is 4.47 Å². The molecule has 0 aliphatic heterocycles. The zero-order chi connectivity index (χ0) is 14.5. The van der Waals surface area contributed by atoms with Gasteiger partial charge < -0.3 is 10.6 Å². The zero-order valence-corrected chi connectivity index (χ0v) is 12.7. The fourth-order valence-corrected chi connectivity index (χ4v) is 1.09. The molecule has 0 unspecified atom stereocenters. The smallest absolute Gasteiger partial charge is 0.230 e. The van der Waals surface area contributed by atoms with E-state index in [1.165, 1.54) is 6.92 Å². The molecule has 0 saturated carbocycles. The van der Waals surface area contributed by atoms with Crippen molar-refractivity contribution in [1.82, 2.24) is 5.43 Å². The van der Waals surface area contributed by atoms with Gasteiger partial charge in [-0.1, -0.05) is 52.3 Å². The summed E-state index contributed by atoms with van der Waals surface area (Å²) in [4.78, 5) is 9.58. The highest BCUT2D eigenvalue weighted by Gasteiger charge is 1.83. The summed E-state index contributed by atoms with van der Waals surface area (Å²) in [5, 5.41) is 8.74. The highest BCUT2D eigenvalue weighted by molar-refractivity contribution is 9.10. The first kappa shape index (κ1) is 20.4. The predicted octanol–water partition coefficient (Wildman–Crippen LogP) is 2.01. The Kier molecular flexibility index (Phi) is 13.8. The van der Waals surface area contributed by atoms with Gasteiger partial charge in [-0.25, -0.2) is 5.84 Å². The molecule has 0 aliphatic rings. The Balaban J connectivity index is 0. The minimum Gasteiger partial charge on any atom is -0.508 e. The number of carbonyl (C=O) groups excluding carboxylic acids is 1. The van der Waals surface area contributed by atoms with Crippen LogP contribution < -0.4 is 11.3 Å². The molecule has 6 N–H and O–H groups in total. The number of aromatic hydroxyl groups is 1. The van der Waals surface area contributed by atoms with Gasteiger partial charge in [-0.05, 0) is 24.3 Å². The number of benzene rings is 2. The van der Waals surface area contributed by atoms with Crippen molar-refractivity contribution in [2.45, 2.75) is 6.92 Å². The Morgan fingerprint density at radius 3 is 1.55 bits per heavy atom. The second kappa shape index (κ2) is 13.5. The number of phenols is 1. The van der Waals surface area contributed by atoms with E-state index in [-0.39, 0.29) is 11.4 Å². The van der Waals surface area contributed by atoms with Crippen LogP contribution in [0.2, 0.25) is 0 Å². The minimum absolute atomic E-state index is 0. The molecule has 0 aliphatic carbocycles. The maximum absolute atomic E-state index is 9.58. The molecule has 2 rings (SSSR count). The van der Waals surface area contributed by atoms with Crippen LogP contribution in [0, 0.1) is 0 Å². The Bertz CT molecular complexity index is 402. The monoisotopic (exact) mass is 342 g/mol. The third-order valence-electron chi connectivity index (χ3n) is 1.70. The summed E-state index contributed by atoms with van der Waals surface area (Å²) in [6.45, 7) is 1.35. The summed E-state index contributed by atoms with van der Waals surface area (Å²) < 4.78 is 0.982. The van der Waals surface area contributed by atoms with Crippen LogP contribution in [0.4, 0.5) is 0 Å². The van der Waals surface area contributed by atoms with Crippen LogP contribution >= 0.6 is 15.9 Å². The summed E-state index contributed by atoms with van der Waals surface area (Å²) in [6, 6.07) is 18.8. The van der Waals surface area contributed by atoms with Gasteiger partial charge in [0.15, 0.2) is 0 Å². The van der Waals surface area contributed by atoms with Crippen LogP contribution in [0.25, 0.3) is 0 Å². The van der Waals surface area contributed by atoms with Gasteiger partial charge in [0.05, 0.1) is 0 Å². The lowest BCUT2D eigenvalue weighted by Crippen LogP contribution is -2.26. The molecular weight excluding hydrogens is 324 g/mol. The third kappa shape index (κ3) is 14.2. The number of phenolic OH excluding ortho intramolecular Hbond substituents is 1. The van der Waals surface area contributed by atoms with E-state index >= 15 is 0 Å². The van der Waals surface area contributed by atoms with E-state index in [0.29, 0.717) is 5.75 Å². The number of carbonyl (C=O) groups is 1. The lowest BCUT2D eigenvalue weighted by molar-refractivity contribution is -0.119. The molecule has 2 aromatic rings. The normalized spacial score (nSPS) is 7.75. The van der Waals surface area contributed by atoms with Gasteiger partial charge in [-0.15, -0.1) is 0 Å². The van der Waals surface area contributed by atoms with Crippen molar-refractivity contribution in [1.29, 1.82) is 0 Å². The van der Waals surface area contributed by atoms with Crippen LogP contribution in [0.1, 0.15) is 6.92 Å². The summed E-state index contributed by atoms with van der Waals surface area (Å²) in [5.41, 5.74) is 1.89. The van der Waals surface area contributed by atoms with Crippen molar-refractivity contribution in [3.05, 3.63) is 65.1 Å². The second-order valence-electron chi connectivity index (χ2n) is 3.33. The standard InChI is InChI=1S/C6H5BrO.C6H6.C2H6N2O.H2O/c7-5-1-3-6(8)4-2-5;1-2-4-6-5-3-1;1-2(5)4-3;/h1-4,8H;1-6H;3H2,1H3,(H,4,5);1H2. The fraction of sp³-hybridized carbons (Fsp3) is 0.0714. The van der Waals surface area contributed by atoms with Gasteiger partial charge in [-0.3, -0.25) is 10.2 Å². The van der Waals surface area contributed by atoms with Crippen LogP contribution in [0.5, 0.6) is 5.75 Å². The van der Waals surface area contributed by atoms with E-state index in [4.69, 9.17) is 5.11 Å².